The van der Waals surface area contributed by atoms with E-state index in [-0.39, 0.29) is 0 Å². The minimum Gasteiger partial charge on any atom is -0.317 e. The topological polar surface area (TPSA) is 15.3 Å². The van der Waals surface area contributed by atoms with Crippen molar-refractivity contribution in [2.75, 3.05) is 20.6 Å². The van der Waals surface area contributed by atoms with E-state index in [0.717, 1.165) is 17.9 Å². The molecule has 0 saturated heterocycles. The van der Waals surface area contributed by atoms with Gasteiger partial charge in [0.1, 0.15) is 0 Å². The van der Waals surface area contributed by atoms with E-state index in [4.69, 9.17) is 0 Å². The predicted octanol–water partition coefficient (Wildman–Crippen LogP) is 2.74. The lowest BCUT2D eigenvalue weighted by molar-refractivity contribution is 0.190. The molecule has 2 nitrogen and oxygen atoms in total. The average molecular weight is 226 g/mol. The van der Waals surface area contributed by atoms with Crippen LogP contribution < -0.4 is 5.32 Å². The lowest BCUT2D eigenvalue weighted by Crippen LogP contribution is -2.36. The minimum atomic E-state index is 0.703. The van der Waals surface area contributed by atoms with Crippen LogP contribution in [0.3, 0.4) is 0 Å². The first kappa shape index (κ1) is 14.0. The van der Waals surface area contributed by atoms with E-state index in [0.29, 0.717) is 6.04 Å². The highest BCUT2D eigenvalue weighted by atomic mass is 15.1. The molecule has 0 heterocycles. The molecule has 1 saturated carbocycles. The summed E-state index contributed by atoms with van der Waals surface area (Å²) < 4.78 is 0. The predicted molar refractivity (Wildman–Crippen MR) is 71.7 cm³/mol. The molecule has 1 N–H and O–H groups in total. The van der Waals surface area contributed by atoms with Gasteiger partial charge in [-0.1, -0.05) is 20.3 Å². The van der Waals surface area contributed by atoms with Gasteiger partial charge in [0, 0.05) is 12.1 Å². The zero-order chi connectivity index (χ0) is 12.1. The van der Waals surface area contributed by atoms with Crippen LogP contribution in [0, 0.1) is 11.8 Å². The average Bonchev–Trinajstić information content (AvgIpc) is 2.71. The van der Waals surface area contributed by atoms with Gasteiger partial charge in [-0.15, -0.1) is 0 Å². The summed E-state index contributed by atoms with van der Waals surface area (Å²) in [6, 6.07) is 1.48. The molecule has 0 aromatic heterocycles. The van der Waals surface area contributed by atoms with Crippen molar-refractivity contribution in [2.24, 2.45) is 11.8 Å². The maximum atomic E-state index is 3.47. The molecular weight excluding hydrogens is 196 g/mol. The summed E-state index contributed by atoms with van der Waals surface area (Å²) in [5, 5.41) is 3.47. The molecule has 1 aliphatic carbocycles. The first-order valence-electron chi connectivity index (χ1n) is 6.93. The number of hydrogen-bond donors (Lipinski definition) is 1. The highest BCUT2D eigenvalue weighted by molar-refractivity contribution is 4.83. The van der Waals surface area contributed by atoms with Crippen molar-refractivity contribution in [3.05, 3.63) is 0 Å². The van der Waals surface area contributed by atoms with Crippen LogP contribution in [0.25, 0.3) is 0 Å². The van der Waals surface area contributed by atoms with Crippen molar-refractivity contribution in [1.29, 1.82) is 0 Å². The Balaban J connectivity index is 2.28. The monoisotopic (exact) mass is 226 g/mol. The molecule has 3 atom stereocenters. The Labute approximate surface area is 102 Å². The van der Waals surface area contributed by atoms with Crippen LogP contribution in [-0.2, 0) is 0 Å². The van der Waals surface area contributed by atoms with E-state index in [1.807, 2.05) is 0 Å². The van der Waals surface area contributed by atoms with Gasteiger partial charge in [0.05, 0.1) is 0 Å². The molecule has 0 aromatic rings. The standard InChI is InChI=1S/C14H30N2/c1-11(2)12(3)16(5)10-9-13-7-6-8-14(13)15-4/h11-15H,6-10H2,1-5H3. The zero-order valence-corrected chi connectivity index (χ0v) is 11.8. The summed E-state index contributed by atoms with van der Waals surface area (Å²) in [5.41, 5.74) is 0. The zero-order valence-electron chi connectivity index (χ0n) is 11.8. The largest absolute Gasteiger partial charge is 0.317 e. The number of nitrogens with zero attached hydrogens (tertiary/aromatic N) is 1. The molecule has 0 aromatic carbocycles. The Morgan fingerprint density at radius 3 is 2.50 bits per heavy atom. The maximum absolute atomic E-state index is 3.47. The second-order valence-electron chi connectivity index (χ2n) is 5.84. The first-order chi connectivity index (χ1) is 7.56. The molecule has 16 heavy (non-hydrogen) atoms. The third-order valence-corrected chi connectivity index (χ3v) is 4.54. The van der Waals surface area contributed by atoms with Crippen LogP contribution in [0.5, 0.6) is 0 Å². The number of nitrogens with one attached hydrogen (secondary N) is 1. The van der Waals surface area contributed by atoms with Crippen molar-refractivity contribution in [2.45, 2.75) is 58.5 Å². The first-order valence-corrected chi connectivity index (χ1v) is 6.93. The van der Waals surface area contributed by atoms with E-state index < -0.39 is 0 Å². The molecule has 2 heteroatoms. The van der Waals surface area contributed by atoms with Gasteiger partial charge in [-0.3, -0.25) is 0 Å². The lowest BCUT2D eigenvalue weighted by atomic mass is 9.98. The van der Waals surface area contributed by atoms with Crippen LogP contribution in [0.1, 0.15) is 46.5 Å². The smallest absolute Gasteiger partial charge is 0.00928 e. The molecule has 0 spiro atoms. The SMILES string of the molecule is CNC1CCCC1CCN(C)C(C)C(C)C. The molecule has 0 amide bonds. The van der Waals surface area contributed by atoms with Crippen LogP contribution in [-0.4, -0.2) is 37.6 Å². The molecule has 0 bridgehead atoms. The highest BCUT2D eigenvalue weighted by Gasteiger charge is 2.26. The number of rotatable bonds is 6. The normalized spacial score (nSPS) is 27.9. The molecule has 1 fully saturated rings. The van der Waals surface area contributed by atoms with Crippen molar-refractivity contribution in [3.63, 3.8) is 0 Å². The Morgan fingerprint density at radius 2 is 1.94 bits per heavy atom. The van der Waals surface area contributed by atoms with E-state index in [2.05, 4.69) is 45.1 Å². The Morgan fingerprint density at radius 1 is 1.25 bits per heavy atom. The lowest BCUT2D eigenvalue weighted by Gasteiger charge is -2.29. The van der Waals surface area contributed by atoms with Crippen LogP contribution in [0.15, 0.2) is 0 Å². The Kier molecular flexibility index (Phi) is 5.77. The maximum Gasteiger partial charge on any atom is 0.00928 e. The van der Waals surface area contributed by atoms with Gasteiger partial charge in [0.2, 0.25) is 0 Å². The fraction of sp³-hybridized carbons (Fsp3) is 1.00. The summed E-state index contributed by atoms with van der Waals surface area (Å²) in [7, 11) is 4.39. The highest BCUT2D eigenvalue weighted by Crippen LogP contribution is 2.28. The van der Waals surface area contributed by atoms with Crippen molar-refractivity contribution in [3.8, 4) is 0 Å². The molecule has 0 radical (unpaired) electrons. The summed E-state index contributed by atoms with van der Waals surface area (Å²) in [6.45, 7) is 8.22. The van der Waals surface area contributed by atoms with Gasteiger partial charge in [-0.05, 0) is 58.7 Å². The molecule has 3 unspecified atom stereocenters. The van der Waals surface area contributed by atoms with Crippen LogP contribution in [0.4, 0.5) is 0 Å². The summed E-state index contributed by atoms with van der Waals surface area (Å²) >= 11 is 0. The molecule has 1 aliphatic rings. The Bertz CT molecular complexity index is 191. The van der Waals surface area contributed by atoms with Gasteiger partial charge in [-0.2, -0.15) is 0 Å². The van der Waals surface area contributed by atoms with Gasteiger partial charge < -0.3 is 10.2 Å². The minimum absolute atomic E-state index is 0.703. The fourth-order valence-corrected chi connectivity index (χ4v) is 2.84. The van der Waals surface area contributed by atoms with E-state index in [1.54, 1.807) is 0 Å². The third kappa shape index (κ3) is 3.74. The third-order valence-electron chi connectivity index (χ3n) is 4.54. The van der Waals surface area contributed by atoms with Gasteiger partial charge in [-0.25, -0.2) is 0 Å². The second kappa shape index (κ2) is 6.61. The van der Waals surface area contributed by atoms with Crippen LogP contribution in [0.2, 0.25) is 0 Å². The van der Waals surface area contributed by atoms with Crippen molar-refractivity contribution in [1.82, 2.24) is 10.2 Å². The molecular formula is C14H30N2. The quantitative estimate of drug-likeness (QED) is 0.749. The Hall–Kier alpha value is -0.0800. The van der Waals surface area contributed by atoms with Gasteiger partial charge in [0.15, 0.2) is 0 Å². The van der Waals surface area contributed by atoms with Crippen LogP contribution >= 0.6 is 0 Å². The van der Waals surface area contributed by atoms with Crippen molar-refractivity contribution < 1.29 is 0 Å². The van der Waals surface area contributed by atoms with Crippen molar-refractivity contribution >= 4 is 0 Å². The molecule has 96 valence electrons. The molecule has 1 rings (SSSR count). The summed E-state index contributed by atoms with van der Waals surface area (Å²) in [6.07, 6.45) is 5.58. The summed E-state index contributed by atoms with van der Waals surface area (Å²) in [4.78, 5) is 2.52. The fourth-order valence-electron chi connectivity index (χ4n) is 2.84. The second-order valence-corrected chi connectivity index (χ2v) is 5.84. The van der Waals surface area contributed by atoms with Gasteiger partial charge in [0.25, 0.3) is 0 Å². The van der Waals surface area contributed by atoms with E-state index >= 15 is 0 Å². The van der Waals surface area contributed by atoms with E-state index in [1.165, 1.54) is 32.2 Å². The van der Waals surface area contributed by atoms with Gasteiger partial charge >= 0.3 is 0 Å². The number of hydrogen-bond acceptors (Lipinski definition) is 2. The molecule has 0 aliphatic heterocycles. The van der Waals surface area contributed by atoms with E-state index in [9.17, 15) is 0 Å². The summed E-state index contributed by atoms with van der Waals surface area (Å²) in [5.74, 6) is 1.67.